The average Bonchev–Trinajstić information content (AvgIpc) is 2.73. The molecule has 1 aromatic carbocycles. The van der Waals surface area contributed by atoms with E-state index in [0.717, 1.165) is 11.1 Å². The largest absolute Gasteiger partial charge is 0.492 e. The minimum atomic E-state index is -1.13. The highest BCUT2D eigenvalue weighted by Crippen LogP contribution is 2.45. The van der Waals surface area contributed by atoms with E-state index in [9.17, 15) is 4.79 Å². The molecule has 4 aliphatic rings. The molecule has 118 valence electrons. The number of alkyl halides is 1. The van der Waals surface area contributed by atoms with Gasteiger partial charge in [-0.15, -0.1) is 0 Å². The number of carbonyl (C=O) groups is 1. The number of halogens is 1. The van der Waals surface area contributed by atoms with E-state index in [2.05, 4.69) is 0 Å². The second kappa shape index (κ2) is 5.37. The third-order valence-corrected chi connectivity index (χ3v) is 4.93. The van der Waals surface area contributed by atoms with Crippen molar-refractivity contribution in [2.45, 2.75) is 25.2 Å². The predicted octanol–water partition coefficient (Wildman–Crippen LogP) is 3.15. The molecule has 0 radical (unpaired) electrons. The molecule has 3 atom stereocenters. The van der Waals surface area contributed by atoms with Crippen LogP contribution in [0.25, 0.3) is 0 Å². The van der Waals surface area contributed by atoms with Crippen LogP contribution in [0.3, 0.4) is 0 Å². The van der Waals surface area contributed by atoms with Gasteiger partial charge in [-0.2, -0.15) is 0 Å². The molecule has 3 nitrogen and oxygen atoms in total. The number of fused-ring (bicyclic) bond motifs is 2. The molecule has 0 N–H and O–H groups in total. The Morgan fingerprint density at radius 3 is 2.83 bits per heavy atom. The SMILES string of the molecule is CN1C(=O)C2=CC=C(OCc3ccccc3)C3C2=CCC1C3F. The minimum Gasteiger partial charge on any atom is -0.492 e. The summed E-state index contributed by atoms with van der Waals surface area (Å²) < 4.78 is 20.9. The highest BCUT2D eigenvalue weighted by Gasteiger charge is 2.48. The van der Waals surface area contributed by atoms with Gasteiger partial charge in [0.15, 0.2) is 0 Å². The van der Waals surface area contributed by atoms with Gasteiger partial charge in [0.05, 0.1) is 12.0 Å². The number of amides is 1. The van der Waals surface area contributed by atoms with Gasteiger partial charge in [0, 0.05) is 12.6 Å². The van der Waals surface area contributed by atoms with Crippen LogP contribution < -0.4 is 0 Å². The third kappa shape index (κ3) is 2.21. The van der Waals surface area contributed by atoms with Gasteiger partial charge in [-0.1, -0.05) is 36.4 Å². The van der Waals surface area contributed by atoms with E-state index in [-0.39, 0.29) is 5.91 Å². The first-order chi connectivity index (χ1) is 11.2. The Kier molecular flexibility index (Phi) is 3.33. The van der Waals surface area contributed by atoms with Gasteiger partial charge in [-0.05, 0) is 29.7 Å². The molecule has 4 bridgehead atoms. The van der Waals surface area contributed by atoms with E-state index in [4.69, 9.17) is 4.74 Å². The molecule has 2 aliphatic carbocycles. The number of nitrogens with zero attached hydrogens (tertiary/aromatic N) is 1. The lowest BCUT2D eigenvalue weighted by Crippen LogP contribution is -2.44. The van der Waals surface area contributed by atoms with Crippen LogP contribution in [-0.2, 0) is 16.1 Å². The zero-order chi connectivity index (χ0) is 16.0. The van der Waals surface area contributed by atoms with Gasteiger partial charge in [0.25, 0.3) is 5.91 Å². The quantitative estimate of drug-likeness (QED) is 0.858. The molecule has 0 saturated carbocycles. The summed E-state index contributed by atoms with van der Waals surface area (Å²) in [4.78, 5) is 14.0. The van der Waals surface area contributed by atoms with Gasteiger partial charge in [0.2, 0.25) is 0 Å². The zero-order valence-electron chi connectivity index (χ0n) is 12.9. The van der Waals surface area contributed by atoms with Crippen LogP contribution in [0.15, 0.2) is 65.5 Å². The highest BCUT2D eigenvalue weighted by molar-refractivity contribution is 6.00. The zero-order valence-corrected chi connectivity index (χ0v) is 12.9. The van der Waals surface area contributed by atoms with Crippen molar-refractivity contribution in [3.8, 4) is 0 Å². The Morgan fingerprint density at radius 2 is 2.04 bits per heavy atom. The normalized spacial score (nSPS) is 28.8. The monoisotopic (exact) mass is 311 g/mol. The maximum absolute atomic E-state index is 15.0. The van der Waals surface area contributed by atoms with Crippen molar-refractivity contribution in [3.63, 3.8) is 0 Å². The van der Waals surface area contributed by atoms with Crippen molar-refractivity contribution < 1.29 is 13.9 Å². The Labute approximate surface area is 134 Å². The first kappa shape index (κ1) is 14.2. The first-order valence-electron chi connectivity index (χ1n) is 7.87. The number of hydrogen-bond donors (Lipinski definition) is 0. The van der Waals surface area contributed by atoms with Gasteiger partial charge in [0.1, 0.15) is 18.5 Å². The van der Waals surface area contributed by atoms with Crippen molar-refractivity contribution in [2.75, 3.05) is 7.05 Å². The maximum atomic E-state index is 15.0. The Balaban J connectivity index is 1.65. The Bertz CT molecular complexity index is 735. The molecule has 23 heavy (non-hydrogen) atoms. The molecule has 1 fully saturated rings. The first-order valence-corrected chi connectivity index (χ1v) is 7.87. The maximum Gasteiger partial charge on any atom is 0.254 e. The fourth-order valence-electron chi connectivity index (χ4n) is 3.64. The number of rotatable bonds is 3. The summed E-state index contributed by atoms with van der Waals surface area (Å²) in [5.74, 6) is 0.0535. The summed E-state index contributed by atoms with van der Waals surface area (Å²) in [6.45, 7) is 0.404. The van der Waals surface area contributed by atoms with E-state index < -0.39 is 18.1 Å². The van der Waals surface area contributed by atoms with Gasteiger partial charge >= 0.3 is 0 Å². The molecule has 5 rings (SSSR count). The van der Waals surface area contributed by atoms with Crippen molar-refractivity contribution in [1.29, 1.82) is 0 Å². The molecular formula is C19H18FNO2. The van der Waals surface area contributed by atoms with E-state index in [1.165, 1.54) is 4.90 Å². The van der Waals surface area contributed by atoms with Crippen molar-refractivity contribution in [3.05, 3.63) is 71.0 Å². The Morgan fingerprint density at radius 1 is 1.26 bits per heavy atom. The summed E-state index contributed by atoms with van der Waals surface area (Å²) >= 11 is 0. The van der Waals surface area contributed by atoms with E-state index in [0.29, 0.717) is 24.4 Å². The van der Waals surface area contributed by atoms with E-state index >= 15 is 4.39 Å². The lowest BCUT2D eigenvalue weighted by molar-refractivity contribution is -0.128. The minimum absolute atomic E-state index is 0.0951. The molecule has 0 spiro atoms. The molecule has 1 aromatic rings. The fraction of sp³-hybridized carbons (Fsp3) is 0.316. The summed E-state index contributed by atoms with van der Waals surface area (Å²) in [6.07, 6.45) is 4.96. The molecule has 3 unspecified atom stereocenters. The van der Waals surface area contributed by atoms with Crippen LogP contribution >= 0.6 is 0 Å². The van der Waals surface area contributed by atoms with Crippen LogP contribution in [0.1, 0.15) is 12.0 Å². The second-order valence-corrected chi connectivity index (χ2v) is 6.22. The molecule has 1 saturated heterocycles. The van der Waals surface area contributed by atoms with Crippen molar-refractivity contribution >= 4 is 5.91 Å². The van der Waals surface area contributed by atoms with Gasteiger partial charge in [-0.25, -0.2) is 4.39 Å². The number of benzene rings is 1. The average molecular weight is 311 g/mol. The third-order valence-electron chi connectivity index (χ3n) is 4.93. The lowest BCUT2D eigenvalue weighted by Gasteiger charge is -2.34. The van der Waals surface area contributed by atoms with E-state index in [1.54, 1.807) is 19.2 Å². The van der Waals surface area contributed by atoms with Crippen molar-refractivity contribution in [1.82, 2.24) is 4.90 Å². The predicted molar refractivity (Wildman–Crippen MR) is 85.0 cm³/mol. The molecule has 2 aliphatic heterocycles. The van der Waals surface area contributed by atoms with Crippen LogP contribution in [0, 0.1) is 5.92 Å². The van der Waals surface area contributed by atoms with Gasteiger partial charge in [-0.3, -0.25) is 4.79 Å². The standard InChI is InChI=1S/C19H18FNO2/c1-21-15-9-7-13-14(19(21)22)8-10-16(17(13)18(15)20)23-11-12-5-3-2-4-6-12/h2-8,10,15,17-18H,9,11H2,1H3. The Hall–Kier alpha value is -2.36. The van der Waals surface area contributed by atoms with Crippen LogP contribution in [0.2, 0.25) is 0 Å². The summed E-state index contributed by atoms with van der Waals surface area (Å²) in [6, 6.07) is 9.40. The molecule has 2 heterocycles. The van der Waals surface area contributed by atoms with Crippen LogP contribution in [0.4, 0.5) is 4.39 Å². The lowest BCUT2D eigenvalue weighted by atomic mass is 9.78. The highest BCUT2D eigenvalue weighted by atomic mass is 19.1. The molecule has 4 heteroatoms. The summed E-state index contributed by atoms with van der Waals surface area (Å²) in [7, 11) is 1.68. The number of carbonyl (C=O) groups excluding carboxylic acids is 1. The smallest absolute Gasteiger partial charge is 0.254 e. The topological polar surface area (TPSA) is 29.5 Å². The summed E-state index contributed by atoms with van der Waals surface area (Å²) in [5, 5.41) is 0. The van der Waals surface area contributed by atoms with Crippen LogP contribution in [0.5, 0.6) is 0 Å². The molecule has 0 aromatic heterocycles. The fourth-order valence-corrected chi connectivity index (χ4v) is 3.64. The number of hydrogen-bond acceptors (Lipinski definition) is 2. The van der Waals surface area contributed by atoms with Gasteiger partial charge < -0.3 is 9.64 Å². The number of likely N-dealkylation sites (N-methyl/N-ethyl adjacent to an activating group) is 1. The second-order valence-electron chi connectivity index (χ2n) is 6.22. The molecule has 1 amide bonds. The number of ether oxygens (including phenoxy) is 1. The van der Waals surface area contributed by atoms with Crippen LogP contribution in [-0.4, -0.2) is 30.1 Å². The van der Waals surface area contributed by atoms with E-state index in [1.807, 2.05) is 36.4 Å². The molecular weight excluding hydrogens is 293 g/mol. The van der Waals surface area contributed by atoms with Crippen molar-refractivity contribution in [2.24, 2.45) is 5.92 Å². The summed E-state index contributed by atoms with van der Waals surface area (Å²) in [5.41, 5.74) is 2.43. The number of allylic oxidation sites excluding steroid dienone is 3.